The first-order valence-electron chi connectivity index (χ1n) is 5.94. The molecule has 0 saturated carbocycles. The number of benzene rings is 1. The summed E-state index contributed by atoms with van der Waals surface area (Å²) in [5.74, 6) is 0.939. The number of aliphatic hydroxyl groups is 1. The number of hydrogen-bond donors (Lipinski definition) is 2. The topological polar surface area (TPSA) is 122 Å². The van der Waals surface area contributed by atoms with Gasteiger partial charge in [-0.2, -0.15) is 15.8 Å². The molecular weight excluding hydrogens is 272 g/mol. The molecule has 1 aromatic carbocycles. The van der Waals surface area contributed by atoms with Crippen molar-refractivity contribution in [1.29, 1.82) is 15.8 Å². The van der Waals surface area contributed by atoms with Gasteiger partial charge in [-0.25, -0.2) is 0 Å². The summed E-state index contributed by atoms with van der Waals surface area (Å²) in [6.45, 7) is 1.62. The van der Waals surface area contributed by atoms with Gasteiger partial charge in [0.2, 0.25) is 6.79 Å². The molecule has 0 saturated heterocycles. The molecule has 0 amide bonds. The summed E-state index contributed by atoms with van der Waals surface area (Å²) in [5, 5.41) is 39.2. The molecule has 21 heavy (non-hydrogen) atoms. The van der Waals surface area contributed by atoms with Gasteiger partial charge in [-0.15, -0.1) is 0 Å². The molecule has 104 valence electrons. The summed E-state index contributed by atoms with van der Waals surface area (Å²) in [6.07, 6.45) is -0.838. The minimum Gasteiger partial charge on any atom is -0.454 e. The molecule has 1 aliphatic rings. The van der Waals surface area contributed by atoms with Crippen molar-refractivity contribution in [1.82, 2.24) is 0 Å². The third-order valence-corrected chi connectivity index (χ3v) is 2.84. The first kappa shape index (κ1) is 14.2. The number of nitrogens with one attached hydrogen (secondary N) is 1. The van der Waals surface area contributed by atoms with Gasteiger partial charge in [0, 0.05) is 17.3 Å². The summed E-state index contributed by atoms with van der Waals surface area (Å²) < 4.78 is 10.5. The molecule has 0 radical (unpaired) electrons. The third-order valence-electron chi connectivity index (χ3n) is 2.84. The Morgan fingerprint density at radius 1 is 1.19 bits per heavy atom. The van der Waals surface area contributed by atoms with Crippen molar-refractivity contribution in [3.63, 3.8) is 0 Å². The van der Waals surface area contributed by atoms with Gasteiger partial charge < -0.3 is 19.9 Å². The van der Waals surface area contributed by atoms with Crippen molar-refractivity contribution in [2.24, 2.45) is 0 Å². The van der Waals surface area contributed by atoms with E-state index in [4.69, 9.17) is 25.3 Å². The van der Waals surface area contributed by atoms with Gasteiger partial charge in [0.25, 0.3) is 0 Å². The van der Waals surface area contributed by atoms with E-state index in [0.717, 1.165) is 0 Å². The molecule has 7 heteroatoms. The fraction of sp³-hybridized carbons (Fsp3) is 0.214. The molecule has 1 unspecified atom stereocenters. The Bertz CT molecular complexity index is 716. The van der Waals surface area contributed by atoms with Crippen molar-refractivity contribution in [2.75, 3.05) is 12.1 Å². The van der Waals surface area contributed by atoms with Gasteiger partial charge in [0.1, 0.15) is 23.9 Å². The van der Waals surface area contributed by atoms with Crippen LogP contribution in [0.25, 0.3) is 0 Å². The van der Waals surface area contributed by atoms with E-state index in [0.29, 0.717) is 22.7 Å². The number of ether oxygens (including phenoxy) is 2. The number of rotatable bonds is 3. The average Bonchev–Trinajstić information content (AvgIpc) is 2.93. The third kappa shape index (κ3) is 2.71. The summed E-state index contributed by atoms with van der Waals surface area (Å²) in [4.78, 5) is 0. The highest BCUT2D eigenvalue weighted by molar-refractivity contribution is 5.67. The molecule has 1 heterocycles. The lowest BCUT2D eigenvalue weighted by molar-refractivity contribution is 0.173. The number of nitriles is 3. The highest BCUT2D eigenvalue weighted by Gasteiger charge is 2.20. The van der Waals surface area contributed by atoms with E-state index in [1.165, 1.54) is 0 Å². The standard InChI is InChI=1S/C14H10N4O3/c1-8(19)10-2-13-14(21-7-20-13)3-11(10)18-12(6-17)9(4-15)5-16/h2-3,8,18-19H,7H2,1H3. The summed E-state index contributed by atoms with van der Waals surface area (Å²) in [7, 11) is 0. The average molecular weight is 282 g/mol. The fourth-order valence-corrected chi connectivity index (χ4v) is 1.83. The van der Waals surface area contributed by atoms with Crippen LogP contribution in [0.4, 0.5) is 5.69 Å². The molecule has 0 spiro atoms. The summed E-state index contributed by atoms with van der Waals surface area (Å²) in [6, 6.07) is 8.17. The SMILES string of the molecule is CC(O)c1cc2c(cc1NC(C#N)=C(C#N)C#N)OCO2. The zero-order chi connectivity index (χ0) is 15.4. The van der Waals surface area contributed by atoms with Gasteiger partial charge in [-0.1, -0.05) is 0 Å². The monoisotopic (exact) mass is 282 g/mol. The lowest BCUT2D eigenvalue weighted by Gasteiger charge is -2.14. The van der Waals surface area contributed by atoms with Crippen molar-refractivity contribution >= 4 is 5.69 Å². The Morgan fingerprint density at radius 2 is 1.81 bits per heavy atom. The highest BCUT2D eigenvalue weighted by atomic mass is 16.7. The van der Waals surface area contributed by atoms with Crippen LogP contribution in [0.15, 0.2) is 23.4 Å². The highest BCUT2D eigenvalue weighted by Crippen LogP contribution is 2.39. The van der Waals surface area contributed by atoms with Gasteiger partial charge in [-0.3, -0.25) is 0 Å². The van der Waals surface area contributed by atoms with E-state index in [1.807, 2.05) is 0 Å². The second-order valence-electron chi connectivity index (χ2n) is 4.18. The number of anilines is 1. The van der Waals surface area contributed by atoms with Crippen LogP contribution in [-0.2, 0) is 0 Å². The van der Waals surface area contributed by atoms with Crippen molar-refractivity contribution in [3.05, 3.63) is 29.0 Å². The zero-order valence-electron chi connectivity index (χ0n) is 11.0. The second kappa shape index (κ2) is 5.83. The lowest BCUT2D eigenvalue weighted by Crippen LogP contribution is -2.05. The van der Waals surface area contributed by atoms with E-state index in [2.05, 4.69) is 5.32 Å². The van der Waals surface area contributed by atoms with Crippen LogP contribution in [-0.4, -0.2) is 11.9 Å². The molecule has 0 bridgehead atoms. The molecule has 1 aliphatic heterocycles. The van der Waals surface area contributed by atoms with E-state index in [1.54, 1.807) is 37.3 Å². The summed E-state index contributed by atoms with van der Waals surface area (Å²) in [5.41, 5.74) is 0.295. The smallest absolute Gasteiger partial charge is 0.231 e. The first-order valence-corrected chi connectivity index (χ1v) is 5.94. The van der Waals surface area contributed by atoms with Gasteiger partial charge in [0.15, 0.2) is 17.1 Å². The van der Waals surface area contributed by atoms with Crippen LogP contribution in [0.2, 0.25) is 0 Å². The van der Waals surface area contributed by atoms with Crippen LogP contribution in [0.1, 0.15) is 18.6 Å². The maximum absolute atomic E-state index is 9.81. The zero-order valence-corrected chi connectivity index (χ0v) is 11.0. The van der Waals surface area contributed by atoms with Crippen molar-refractivity contribution < 1.29 is 14.6 Å². The quantitative estimate of drug-likeness (QED) is 0.809. The number of hydrogen-bond acceptors (Lipinski definition) is 7. The molecule has 1 aromatic rings. The number of nitrogens with zero attached hydrogens (tertiary/aromatic N) is 3. The maximum Gasteiger partial charge on any atom is 0.231 e. The Balaban J connectivity index is 2.50. The number of aliphatic hydroxyl groups excluding tert-OH is 1. The van der Waals surface area contributed by atoms with Gasteiger partial charge >= 0.3 is 0 Å². The predicted octanol–water partition coefficient (Wildman–Crippen LogP) is 1.71. The molecule has 1 atom stereocenters. The molecule has 0 fully saturated rings. The van der Waals surface area contributed by atoms with E-state index >= 15 is 0 Å². The molecule has 7 nitrogen and oxygen atoms in total. The van der Waals surface area contributed by atoms with Crippen LogP contribution < -0.4 is 14.8 Å². The maximum atomic E-state index is 9.81. The van der Waals surface area contributed by atoms with Crippen molar-refractivity contribution in [2.45, 2.75) is 13.0 Å². The van der Waals surface area contributed by atoms with E-state index < -0.39 is 6.10 Å². The van der Waals surface area contributed by atoms with Gasteiger partial charge in [0.05, 0.1) is 6.10 Å². The minimum atomic E-state index is -0.838. The largest absolute Gasteiger partial charge is 0.454 e. The van der Waals surface area contributed by atoms with Crippen LogP contribution in [0.5, 0.6) is 11.5 Å². The second-order valence-corrected chi connectivity index (χ2v) is 4.18. The Morgan fingerprint density at radius 3 is 2.33 bits per heavy atom. The molecule has 2 N–H and O–H groups in total. The van der Waals surface area contributed by atoms with Crippen LogP contribution in [0, 0.1) is 34.0 Å². The van der Waals surface area contributed by atoms with Crippen molar-refractivity contribution in [3.8, 4) is 29.7 Å². The predicted molar refractivity (Wildman–Crippen MR) is 70.7 cm³/mol. The van der Waals surface area contributed by atoms with Gasteiger partial charge in [-0.05, 0) is 13.0 Å². The number of fused-ring (bicyclic) bond motifs is 1. The molecule has 2 rings (SSSR count). The van der Waals surface area contributed by atoms with E-state index in [-0.39, 0.29) is 18.1 Å². The Hall–Kier alpha value is -3.21. The molecule has 0 aliphatic carbocycles. The first-order chi connectivity index (χ1) is 10.1. The molecule has 0 aromatic heterocycles. The Kier molecular flexibility index (Phi) is 3.95. The van der Waals surface area contributed by atoms with Crippen LogP contribution >= 0.6 is 0 Å². The normalized spacial score (nSPS) is 12.5. The summed E-state index contributed by atoms with van der Waals surface area (Å²) >= 11 is 0. The van der Waals surface area contributed by atoms with Crippen LogP contribution in [0.3, 0.4) is 0 Å². The minimum absolute atomic E-state index is 0.0701. The van der Waals surface area contributed by atoms with E-state index in [9.17, 15) is 5.11 Å². The molecular formula is C14H10N4O3. The lowest BCUT2D eigenvalue weighted by atomic mass is 10.1. The number of allylic oxidation sites excluding steroid dienone is 2. The fourth-order valence-electron chi connectivity index (χ4n) is 1.83. The Labute approximate surface area is 120 Å².